The van der Waals surface area contributed by atoms with Gasteiger partial charge in [0.2, 0.25) is 0 Å². The Hall–Kier alpha value is -1.67. The molecule has 5 nitrogen and oxygen atoms in total. The summed E-state index contributed by atoms with van der Waals surface area (Å²) in [7, 11) is 0. The van der Waals surface area contributed by atoms with Crippen LogP contribution in [0.1, 0.15) is 24.0 Å². The van der Waals surface area contributed by atoms with Crippen molar-refractivity contribution in [2.75, 3.05) is 0 Å². The first-order valence-corrected chi connectivity index (χ1v) is 12.8. The largest absolute Gasteiger partial charge is 0.486 e. The Balaban J connectivity index is 1.31. The van der Waals surface area contributed by atoms with E-state index < -0.39 is 0 Å². The standard InChI is InChI=1S/C24H18Br2Cl2N2O3/c25-17-7-12(8-18(26)22(17)33-11-15-5-6-16(27)9-19(15)28)10-29-30-23(31)20-13-1-2-14(4-3-13)21(20)24(30)32/h1-2,5-10,13-14,20-21H,3-4,11H2/b29-10-/t13-,14-,20-,21-/m0/s1. The molecule has 1 heterocycles. The molecular weight excluding hydrogens is 595 g/mol. The fraction of sp³-hybridized carbons (Fsp3) is 0.292. The molecule has 2 aromatic carbocycles. The van der Waals surface area contributed by atoms with Gasteiger partial charge >= 0.3 is 0 Å². The minimum Gasteiger partial charge on any atom is -0.486 e. The molecule has 9 heteroatoms. The number of carbonyl (C=O) groups is 2. The molecule has 2 amide bonds. The van der Waals surface area contributed by atoms with Crippen LogP contribution in [0.15, 0.2) is 56.5 Å². The number of benzene rings is 2. The molecule has 0 aromatic heterocycles. The number of imide groups is 1. The molecule has 0 unspecified atom stereocenters. The van der Waals surface area contributed by atoms with Crippen molar-refractivity contribution in [3.63, 3.8) is 0 Å². The van der Waals surface area contributed by atoms with Gasteiger partial charge in [0.15, 0.2) is 0 Å². The zero-order valence-electron chi connectivity index (χ0n) is 17.2. The lowest BCUT2D eigenvalue weighted by Crippen LogP contribution is -2.38. The van der Waals surface area contributed by atoms with E-state index in [1.165, 1.54) is 6.21 Å². The molecule has 3 aliphatic carbocycles. The molecule has 1 aliphatic heterocycles. The summed E-state index contributed by atoms with van der Waals surface area (Å²) in [4.78, 5) is 25.8. The monoisotopic (exact) mass is 610 g/mol. The average Bonchev–Trinajstić information content (AvgIpc) is 3.06. The number of allylic oxidation sites excluding steroid dienone is 2. The number of rotatable bonds is 5. The second kappa shape index (κ2) is 9.17. The van der Waals surface area contributed by atoms with E-state index in [1.807, 2.05) is 18.2 Å². The first kappa shape index (κ1) is 23.1. The number of ether oxygens (including phenoxy) is 1. The number of amides is 2. The molecule has 4 atom stereocenters. The Kier molecular flexibility index (Phi) is 6.42. The highest BCUT2D eigenvalue weighted by atomic mass is 79.9. The second-order valence-corrected chi connectivity index (χ2v) is 11.0. The molecule has 2 fully saturated rings. The van der Waals surface area contributed by atoms with Crippen LogP contribution in [0.25, 0.3) is 0 Å². The third-order valence-electron chi connectivity index (χ3n) is 6.47. The van der Waals surface area contributed by atoms with E-state index in [1.54, 1.807) is 12.1 Å². The van der Waals surface area contributed by atoms with E-state index in [4.69, 9.17) is 27.9 Å². The van der Waals surface area contributed by atoms with Gasteiger partial charge in [-0.1, -0.05) is 41.4 Å². The maximum atomic E-state index is 12.9. The summed E-state index contributed by atoms with van der Waals surface area (Å²) in [6, 6.07) is 8.88. The SMILES string of the molecule is O=C1[C@@H]2[C@@H](C(=O)N1/N=C\c1cc(Br)c(OCc3ccc(Cl)cc3Cl)c(Br)c1)[C@H]1C=C[C@H]2CC1. The predicted octanol–water partition coefficient (Wildman–Crippen LogP) is 6.63. The van der Waals surface area contributed by atoms with Crippen LogP contribution in [0, 0.1) is 23.7 Å². The summed E-state index contributed by atoms with van der Waals surface area (Å²) in [6.45, 7) is 0.260. The summed E-state index contributed by atoms with van der Waals surface area (Å²) in [6.07, 6.45) is 7.64. The molecule has 1 saturated heterocycles. The highest BCUT2D eigenvalue weighted by molar-refractivity contribution is 9.11. The zero-order valence-corrected chi connectivity index (χ0v) is 21.9. The van der Waals surface area contributed by atoms with Gasteiger partial charge in [-0.15, -0.1) is 0 Å². The summed E-state index contributed by atoms with van der Waals surface area (Å²) < 4.78 is 7.33. The van der Waals surface area contributed by atoms with E-state index in [0.29, 0.717) is 30.3 Å². The molecule has 1 saturated carbocycles. The van der Waals surface area contributed by atoms with Gasteiger partial charge in [-0.3, -0.25) is 9.59 Å². The number of fused-ring (bicyclic) bond motifs is 1. The fourth-order valence-electron chi connectivity index (χ4n) is 4.88. The van der Waals surface area contributed by atoms with Crippen molar-refractivity contribution in [2.45, 2.75) is 19.4 Å². The maximum Gasteiger partial charge on any atom is 0.254 e. The van der Waals surface area contributed by atoms with Crippen molar-refractivity contribution in [2.24, 2.45) is 28.8 Å². The van der Waals surface area contributed by atoms with Gasteiger partial charge in [-0.25, -0.2) is 0 Å². The Morgan fingerprint density at radius 2 is 1.61 bits per heavy atom. The third-order valence-corrected chi connectivity index (χ3v) is 8.23. The molecule has 6 rings (SSSR count). The second-order valence-electron chi connectivity index (χ2n) is 8.41. The van der Waals surface area contributed by atoms with Gasteiger partial charge in [-0.05, 0) is 86.4 Å². The lowest BCUT2D eigenvalue weighted by Gasteiger charge is -2.37. The molecule has 0 N–H and O–H groups in total. The molecule has 2 aromatic rings. The minimum atomic E-state index is -0.271. The molecule has 33 heavy (non-hydrogen) atoms. The highest BCUT2D eigenvalue weighted by Gasteiger charge is 2.56. The Morgan fingerprint density at radius 3 is 2.15 bits per heavy atom. The first-order chi connectivity index (χ1) is 15.8. The van der Waals surface area contributed by atoms with E-state index in [2.05, 4.69) is 49.1 Å². The minimum absolute atomic E-state index is 0.144. The van der Waals surface area contributed by atoms with Gasteiger partial charge in [-0.2, -0.15) is 10.1 Å². The number of hydrogen-bond donors (Lipinski definition) is 0. The van der Waals surface area contributed by atoms with Crippen LogP contribution in [0.2, 0.25) is 10.0 Å². The zero-order chi connectivity index (χ0) is 23.3. The molecule has 170 valence electrons. The van der Waals surface area contributed by atoms with Crippen LogP contribution in [0.5, 0.6) is 5.75 Å². The predicted molar refractivity (Wildman–Crippen MR) is 134 cm³/mol. The van der Waals surface area contributed by atoms with Crippen molar-refractivity contribution in [1.82, 2.24) is 5.01 Å². The Morgan fingerprint density at radius 1 is 1.00 bits per heavy atom. The average molecular weight is 613 g/mol. The summed E-state index contributed by atoms with van der Waals surface area (Å²) in [5, 5.41) is 6.42. The number of carbonyl (C=O) groups excluding carboxylic acids is 2. The first-order valence-electron chi connectivity index (χ1n) is 10.5. The summed E-state index contributed by atoms with van der Waals surface area (Å²) in [5.74, 6) is -0.0488. The lowest BCUT2D eigenvalue weighted by molar-refractivity contribution is -0.140. The molecule has 4 aliphatic rings. The topological polar surface area (TPSA) is 59.0 Å². The fourth-order valence-corrected chi connectivity index (χ4v) is 6.79. The van der Waals surface area contributed by atoms with E-state index in [9.17, 15) is 9.59 Å². The van der Waals surface area contributed by atoms with Gasteiger partial charge < -0.3 is 4.74 Å². The van der Waals surface area contributed by atoms with Gasteiger partial charge in [0.05, 0.1) is 27.0 Å². The third kappa shape index (κ3) is 4.29. The quantitative estimate of drug-likeness (QED) is 0.216. The Labute approximate surface area is 218 Å². The summed E-state index contributed by atoms with van der Waals surface area (Å²) >= 11 is 19.2. The molecule has 2 bridgehead atoms. The van der Waals surface area contributed by atoms with Crippen LogP contribution >= 0.6 is 55.1 Å². The van der Waals surface area contributed by atoms with Crippen molar-refractivity contribution < 1.29 is 14.3 Å². The number of nitrogens with zero attached hydrogens (tertiary/aromatic N) is 2. The normalized spacial score (nSPS) is 25.9. The van der Waals surface area contributed by atoms with Gasteiger partial charge in [0.25, 0.3) is 11.8 Å². The van der Waals surface area contributed by atoms with E-state index in [-0.39, 0.29) is 42.1 Å². The van der Waals surface area contributed by atoms with Crippen molar-refractivity contribution >= 4 is 73.1 Å². The smallest absolute Gasteiger partial charge is 0.254 e. The molecule has 0 spiro atoms. The highest BCUT2D eigenvalue weighted by Crippen LogP contribution is 2.49. The maximum absolute atomic E-state index is 12.9. The summed E-state index contributed by atoms with van der Waals surface area (Å²) in [5.41, 5.74) is 1.52. The van der Waals surface area contributed by atoms with Crippen molar-refractivity contribution in [1.29, 1.82) is 0 Å². The van der Waals surface area contributed by atoms with Gasteiger partial charge in [0.1, 0.15) is 12.4 Å². The van der Waals surface area contributed by atoms with Crippen LogP contribution in [0.4, 0.5) is 0 Å². The Bertz CT molecular complexity index is 1160. The van der Waals surface area contributed by atoms with Crippen LogP contribution < -0.4 is 4.74 Å². The van der Waals surface area contributed by atoms with Gasteiger partial charge in [0, 0.05) is 15.6 Å². The number of halogens is 4. The van der Waals surface area contributed by atoms with Crippen molar-refractivity contribution in [3.05, 3.63) is 72.6 Å². The van der Waals surface area contributed by atoms with Crippen molar-refractivity contribution in [3.8, 4) is 5.75 Å². The molecule has 0 radical (unpaired) electrons. The van der Waals surface area contributed by atoms with E-state index >= 15 is 0 Å². The number of hydrogen-bond acceptors (Lipinski definition) is 4. The van der Waals surface area contributed by atoms with E-state index in [0.717, 1.165) is 23.4 Å². The van der Waals surface area contributed by atoms with Crippen LogP contribution in [-0.2, 0) is 16.2 Å². The van der Waals surface area contributed by atoms with Crippen LogP contribution in [0.3, 0.4) is 0 Å². The molecular formula is C24H18Br2Cl2N2O3. The lowest BCUT2D eigenvalue weighted by atomic mass is 9.63. The van der Waals surface area contributed by atoms with Crippen LogP contribution in [-0.4, -0.2) is 23.0 Å². The number of hydrazone groups is 1.